The Balaban J connectivity index is 1.52. The third-order valence-electron chi connectivity index (χ3n) is 5.18. The maximum Gasteiger partial charge on any atom is 0.411 e. The lowest BCUT2D eigenvalue weighted by Gasteiger charge is -2.16. The largest absolute Gasteiger partial charge is 0.491 e. The maximum atomic E-state index is 14.2. The van der Waals surface area contributed by atoms with E-state index >= 15 is 0 Å². The van der Waals surface area contributed by atoms with Crippen molar-refractivity contribution in [2.45, 2.75) is 12.8 Å². The van der Waals surface area contributed by atoms with Crippen LogP contribution >= 0.6 is 0 Å². The van der Waals surface area contributed by atoms with Gasteiger partial charge in [0.05, 0.1) is 17.9 Å². The lowest BCUT2D eigenvalue weighted by atomic mass is 9.98. The summed E-state index contributed by atoms with van der Waals surface area (Å²) < 4.78 is 24.7. The molecule has 0 heterocycles. The van der Waals surface area contributed by atoms with Crippen molar-refractivity contribution in [3.05, 3.63) is 83.2 Å². The van der Waals surface area contributed by atoms with Crippen LogP contribution in [0.5, 0.6) is 5.75 Å². The SMILES string of the molecule is CCOc1cc(C(=O)O)c(NC(=O)OCC2c3ccccc3-c3ccccc32)cc1F. The zero-order valence-electron chi connectivity index (χ0n) is 16.7. The van der Waals surface area contributed by atoms with Crippen molar-refractivity contribution in [1.82, 2.24) is 0 Å². The number of halogens is 1. The van der Waals surface area contributed by atoms with Gasteiger partial charge >= 0.3 is 12.1 Å². The Hall–Kier alpha value is -3.87. The van der Waals surface area contributed by atoms with Gasteiger partial charge in [-0.2, -0.15) is 0 Å². The van der Waals surface area contributed by atoms with Crippen molar-refractivity contribution in [3.8, 4) is 16.9 Å². The molecule has 0 radical (unpaired) electrons. The summed E-state index contributed by atoms with van der Waals surface area (Å²) in [6, 6.07) is 17.8. The third kappa shape index (κ3) is 3.94. The third-order valence-corrected chi connectivity index (χ3v) is 5.18. The van der Waals surface area contributed by atoms with E-state index in [1.807, 2.05) is 48.5 Å². The van der Waals surface area contributed by atoms with Crippen LogP contribution in [0.15, 0.2) is 60.7 Å². The first-order valence-corrected chi connectivity index (χ1v) is 9.81. The summed E-state index contributed by atoms with van der Waals surface area (Å²) in [6.45, 7) is 1.89. The van der Waals surface area contributed by atoms with Gasteiger partial charge in [0, 0.05) is 12.0 Å². The molecule has 0 fully saturated rings. The van der Waals surface area contributed by atoms with Gasteiger partial charge in [0.1, 0.15) is 6.61 Å². The summed E-state index contributed by atoms with van der Waals surface area (Å²) >= 11 is 0. The van der Waals surface area contributed by atoms with Crippen LogP contribution in [0, 0.1) is 5.82 Å². The summed E-state index contributed by atoms with van der Waals surface area (Å²) in [5.74, 6) is -2.44. The van der Waals surface area contributed by atoms with Crippen LogP contribution in [0.25, 0.3) is 11.1 Å². The molecule has 158 valence electrons. The highest BCUT2D eigenvalue weighted by Crippen LogP contribution is 2.44. The number of hydrogen-bond donors (Lipinski definition) is 2. The van der Waals surface area contributed by atoms with Gasteiger partial charge in [0.2, 0.25) is 0 Å². The van der Waals surface area contributed by atoms with E-state index < -0.39 is 17.9 Å². The number of benzene rings is 3. The van der Waals surface area contributed by atoms with E-state index in [0.717, 1.165) is 34.4 Å². The molecular formula is C24H20FNO5. The predicted molar refractivity (Wildman–Crippen MR) is 113 cm³/mol. The Morgan fingerprint density at radius 1 is 1.03 bits per heavy atom. The van der Waals surface area contributed by atoms with Crippen LogP contribution in [0.3, 0.4) is 0 Å². The van der Waals surface area contributed by atoms with Crippen LogP contribution in [-0.4, -0.2) is 30.4 Å². The van der Waals surface area contributed by atoms with Crippen molar-refractivity contribution in [3.63, 3.8) is 0 Å². The second kappa shape index (κ2) is 8.47. The van der Waals surface area contributed by atoms with Gasteiger partial charge in [-0.25, -0.2) is 14.0 Å². The van der Waals surface area contributed by atoms with Gasteiger partial charge in [-0.3, -0.25) is 5.32 Å². The number of carbonyl (C=O) groups excluding carboxylic acids is 1. The first-order valence-electron chi connectivity index (χ1n) is 9.81. The normalized spacial score (nSPS) is 12.1. The molecule has 7 heteroatoms. The van der Waals surface area contributed by atoms with Crippen molar-refractivity contribution in [2.75, 3.05) is 18.5 Å². The van der Waals surface area contributed by atoms with Crippen molar-refractivity contribution in [2.24, 2.45) is 0 Å². The molecule has 0 atom stereocenters. The second-order valence-electron chi connectivity index (χ2n) is 7.02. The van der Waals surface area contributed by atoms with Crippen molar-refractivity contribution in [1.29, 1.82) is 0 Å². The molecule has 31 heavy (non-hydrogen) atoms. The maximum absolute atomic E-state index is 14.2. The highest BCUT2D eigenvalue weighted by atomic mass is 19.1. The number of nitrogens with one attached hydrogen (secondary N) is 1. The Labute approximate surface area is 178 Å². The molecule has 1 amide bonds. The Bertz CT molecular complexity index is 1110. The number of ether oxygens (including phenoxy) is 2. The highest BCUT2D eigenvalue weighted by molar-refractivity contribution is 5.99. The summed E-state index contributed by atoms with van der Waals surface area (Å²) in [5.41, 5.74) is 3.79. The molecule has 0 saturated heterocycles. The minimum absolute atomic E-state index is 0.0573. The number of fused-ring (bicyclic) bond motifs is 3. The van der Waals surface area contributed by atoms with Crippen molar-refractivity contribution >= 4 is 17.7 Å². The van der Waals surface area contributed by atoms with E-state index in [9.17, 15) is 19.1 Å². The molecule has 2 N–H and O–H groups in total. The van der Waals surface area contributed by atoms with Crippen molar-refractivity contribution < 1.29 is 28.6 Å². The lowest BCUT2D eigenvalue weighted by Crippen LogP contribution is -2.19. The number of amides is 1. The minimum Gasteiger partial charge on any atom is -0.491 e. The molecule has 3 aromatic rings. The molecule has 0 spiro atoms. The lowest BCUT2D eigenvalue weighted by molar-refractivity contribution is 0.0697. The van der Waals surface area contributed by atoms with E-state index in [1.54, 1.807) is 6.92 Å². The van der Waals surface area contributed by atoms with Gasteiger partial charge in [-0.1, -0.05) is 48.5 Å². The van der Waals surface area contributed by atoms with Crippen LogP contribution in [0.4, 0.5) is 14.9 Å². The van der Waals surface area contributed by atoms with Gasteiger partial charge in [-0.15, -0.1) is 0 Å². The highest BCUT2D eigenvalue weighted by Gasteiger charge is 2.29. The molecule has 1 aliphatic carbocycles. The standard InChI is InChI=1S/C24H20FNO5/c1-2-30-22-11-18(23(27)28)21(12-20(22)25)26-24(29)31-13-19-16-9-5-3-7-14(16)15-8-4-6-10-17(15)19/h3-12,19H,2,13H2,1H3,(H,26,29)(H,27,28). The zero-order chi connectivity index (χ0) is 22.0. The monoisotopic (exact) mass is 421 g/mol. The number of aromatic carboxylic acids is 1. The molecule has 3 aromatic carbocycles. The summed E-state index contributed by atoms with van der Waals surface area (Å²) in [5, 5.41) is 11.7. The van der Waals surface area contributed by atoms with E-state index in [0.29, 0.717) is 0 Å². The van der Waals surface area contributed by atoms with Crippen LogP contribution < -0.4 is 10.1 Å². The fourth-order valence-corrected chi connectivity index (χ4v) is 3.84. The molecule has 0 aromatic heterocycles. The Morgan fingerprint density at radius 3 is 2.23 bits per heavy atom. The number of hydrogen-bond acceptors (Lipinski definition) is 4. The molecule has 6 nitrogen and oxygen atoms in total. The number of rotatable bonds is 6. The number of anilines is 1. The summed E-state index contributed by atoms with van der Waals surface area (Å²) in [7, 11) is 0. The molecule has 0 unspecified atom stereocenters. The Morgan fingerprint density at radius 2 is 1.65 bits per heavy atom. The van der Waals surface area contributed by atoms with Gasteiger partial charge < -0.3 is 14.6 Å². The minimum atomic E-state index is -1.32. The number of carboxylic acids is 1. The van der Waals surface area contributed by atoms with E-state index in [-0.39, 0.29) is 36.1 Å². The first kappa shape index (κ1) is 20.4. The average molecular weight is 421 g/mol. The van der Waals surface area contributed by atoms with Crippen LogP contribution in [-0.2, 0) is 4.74 Å². The van der Waals surface area contributed by atoms with Crippen LogP contribution in [0.2, 0.25) is 0 Å². The molecular weight excluding hydrogens is 401 g/mol. The number of carbonyl (C=O) groups is 2. The van der Waals surface area contributed by atoms with Gasteiger partial charge in [-0.05, 0) is 35.2 Å². The van der Waals surface area contributed by atoms with E-state index in [2.05, 4.69) is 5.32 Å². The number of carboxylic acid groups (broad SMARTS) is 1. The first-order chi connectivity index (χ1) is 15.0. The second-order valence-corrected chi connectivity index (χ2v) is 7.02. The summed E-state index contributed by atoms with van der Waals surface area (Å²) in [4.78, 5) is 24.0. The molecule has 0 aliphatic heterocycles. The van der Waals surface area contributed by atoms with E-state index in [1.165, 1.54) is 0 Å². The molecule has 4 rings (SSSR count). The zero-order valence-corrected chi connectivity index (χ0v) is 16.7. The fraction of sp³-hybridized carbons (Fsp3) is 0.167. The van der Waals surface area contributed by atoms with E-state index in [4.69, 9.17) is 9.47 Å². The van der Waals surface area contributed by atoms with Crippen LogP contribution in [0.1, 0.15) is 34.3 Å². The molecule has 0 saturated carbocycles. The average Bonchev–Trinajstić information content (AvgIpc) is 3.08. The quantitative estimate of drug-likeness (QED) is 0.565. The molecule has 0 bridgehead atoms. The fourth-order valence-electron chi connectivity index (χ4n) is 3.84. The smallest absolute Gasteiger partial charge is 0.411 e. The molecule has 1 aliphatic rings. The summed E-state index contributed by atoms with van der Waals surface area (Å²) in [6.07, 6.45) is -0.868. The Kier molecular flexibility index (Phi) is 5.58. The predicted octanol–water partition coefficient (Wildman–Crippen LogP) is 5.28. The topological polar surface area (TPSA) is 84.9 Å². The van der Waals surface area contributed by atoms with Gasteiger partial charge in [0.25, 0.3) is 0 Å². The van der Waals surface area contributed by atoms with Gasteiger partial charge in [0.15, 0.2) is 11.6 Å².